The number of benzene rings is 1. The molecular formula is C21H24ClN5O2S. The Kier molecular flexibility index (Phi) is 5.10. The van der Waals surface area contributed by atoms with Crippen molar-refractivity contribution >= 4 is 27.3 Å². The van der Waals surface area contributed by atoms with E-state index in [0.717, 1.165) is 24.2 Å². The number of halogens is 1. The van der Waals surface area contributed by atoms with Crippen LogP contribution in [0.2, 0.25) is 5.02 Å². The summed E-state index contributed by atoms with van der Waals surface area (Å²) >= 11 is 6.13. The molecule has 1 saturated carbocycles. The van der Waals surface area contributed by atoms with E-state index in [9.17, 15) is 8.42 Å². The van der Waals surface area contributed by atoms with Gasteiger partial charge in [-0.25, -0.2) is 13.4 Å². The number of nitrogens with one attached hydrogen (secondary N) is 1. The average Bonchev–Trinajstić information content (AvgIpc) is 3.43. The minimum atomic E-state index is -3.84. The fourth-order valence-corrected chi connectivity index (χ4v) is 4.55. The molecule has 0 bridgehead atoms. The first-order valence-electron chi connectivity index (χ1n) is 9.77. The topological polar surface area (TPSA) is 89.8 Å². The smallest absolute Gasteiger partial charge is 0.261 e. The molecule has 2 aromatic heterocycles. The van der Waals surface area contributed by atoms with Crippen LogP contribution in [0.1, 0.15) is 51.0 Å². The highest BCUT2D eigenvalue weighted by Crippen LogP contribution is 2.40. The number of aromatic nitrogens is 4. The molecule has 0 spiro atoms. The maximum Gasteiger partial charge on any atom is 0.261 e. The lowest BCUT2D eigenvalue weighted by Gasteiger charge is -2.19. The van der Waals surface area contributed by atoms with Gasteiger partial charge in [-0.2, -0.15) is 0 Å². The fraction of sp³-hybridized carbons (Fsp3) is 0.381. The van der Waals surface area contributed by atoms with Gasteiger partial charge in [-0.3, -0.25) is 4.72 Å². The zero-order valence-electron chi connectivity index (χ0n) is 17.3. The maximum atomic E-state index is 13.1. The summed E-state index contributed by atoms with van der Waals surface area (Å²) in [7, 11) is -3.84. The summed E-state index contributed by atoms with van der Waals surface area (Å²) in [5.74, 6) is 1.31. The van der Waals surface area contributed by atoms with Gasteiger partial charge in [0.05, 0.1) is 15.6 Å². The Hall–Kier alpha value is -2.45. The molecule has 0 aliphatic heterocycles. The molecule has 0 atom stereocenters. The summed E-state index contributed by atoms with van der Waals surface area (Å²) in [6, 6.07) is 8.75. The summed E-state index contributed by atoms with van der Waals surface area (Å²) in [6.07, 6.45) is 3.56. The van der Waals surface area contributed by atoms with E-state index in [1.165, 1.54) is 6.20 Å². The number of anilines is 1. The van der Waals surface area contributed by atoms with E-state index < -0.39 is 10.0 Å². The average molecular weight is 446 g/mol. The second kappa shape index (κ2) is 7.35. The summed E-state index contributed by atoms with van der Waals surface area (Å²) in [6.45, 7) is 8.12. The molecular weight excluding hydrogens is 422 g/mol. The Morgan fingerprint density at radius 1 is 1.13 bits per heavy atom. The SMILES string of the molecule is Cc1nnc(-c2ncc(Cl)cc2NS(=O)(=O)c2ccc(C(C)(C)C)cc2)n1C1CC1. The predicted molar refractivity (Wildman–Crippen MR) is 117 cm³/mol. The molecule has 1 N–H and O–H groups in total. The Balaban J connectivity index is 1.72. The third kappa shape index (κ3) is 4.06. The zero-order valence-corrected chi connectivity index (χ0v) is 18.9. The summed E-state index contributed by atoms with van der Waals surface area (Å²) in [4.78, 5) is 4.54. The minimum Gasteiger partial charge on any atom is -0.307 e. The van der Waals surface area contributed by atoms with Gasteiger partial charge in [-0.15, -0.1) is 10.2 Å². The Morgan fingerprint density at radius 3 is 2.40 bits per heavy atom. The summed E-state index contributed by atoms with van der Waals surface area (Å²) < 4.78 is 30.8. The number of nitrogens with zero attached hydrogens (tertiary/aromatic N) is 4. The highest BCUT2D eigenvalue weighted by molar-refractivity contribution is 7.92. The van der Waals surface area contributed by atoms with Crippen LogP contribution in [-0.2, 0) is 15.4 Å². The highest BCUT2D eigenvalue weighted by atomic mass is 35.5. The lowest BCUT2D eigenvalue weighted by molar-refractivity contribution is 0.587. The molecule has 158 valence electrons. The first kappa shape index (κ1) is 20.8. The van der Waals surface area contributed by atoms with Crippen molar-refractivity contribution in [3.05, 3.63) is 52.9 Å². The third-order valence-corrected chi connectivity index (χ3v) is 6.71. The second-order valence-electron chi connectivity index (χ2n) is 8.60. The third-order valence-electron chi connectivity index (χ3n) is 5.12. The molecule has 30 heavy (non-hydrogen) atoms. The van der Waals surface area contributed by atoms with E-state index in [-0.39, 0.29) is 16.0 Å². The molecule has 7 nitrogen and oxygen atoms in total. The lowest BCUT2D eigenvalue weighted by atomic mass is 9.87. The molecule has 3 aromatic rings. The van der Waals surface area contributed by atoms with Gasteiger partial charge in [0.15, 0.2) is 5.82 Å². The first-order valence-corrected chi connectivity index (χ1v) is 11.6. The monoisotopic (exact) mass is 445 g/mol. The summed E-state index contributed by atoms with van der Waals surface area (Å²) in [5, 5.41) is 8.75. The minimum absolute atomic E-state index is 0.0650. The molecule has 0 radical (unpaired) electrons. The number of hydrogen-bond donors (Lipinski definition) is 1. The van der Waals surface area contributed by atoms with Gasteiger partial charge in [0.25, 0.3) is 10.0 Å². The van der Waals surface area contributed by atoms with E-state index >= 15 is 0 Å². The van der Waals surface area contributed by atoms with Crippen LogP contribution in [0.3, 0.4) is 0 Å². The largest absolute Gasteiger partial charge is 0.307 e. The van der Waals surface area contributed by atoms with Gasteiger partial charge in [0.2, 0.25) is 0 Å². The molecule has 1 aromatic carbocycles. The van der Waals surface area contributed by atoms with Crippen molar-refractivity contribution in [2.24, 2.45) is 0 Å². The van der Waals surface area contributed by atoms with Gasteiger partial charge in [-0.1, -0.05) is 44.5 Å². The van der Waals surface area contributed by atoms with Crippen LogP contribution in [0.25, 0.3) is 11.5 Å². The van der Waals surface area contributed by atoms with E-state index in [2.05, 4.69) is 40.7 Å². The van der Waals surface area contributed by atoms with Gasteiger partial charge in [0.1, 0.15) is 11.5 Å². The Morgan fingerprint density at radius 2 is 1.80 bits per heavy atom. The van der Waals surface area contributed by atoms with Gasteiger partial charge in [-0.05, 0) is 48.9 Å². The first-order chi connectivity index (χ1) is 14.1. The van der Waals surface area contributed by atoms with Crippen molar-refractivity contribution in [2.45, 2.75) is 56.9 Å². The van der Waals surface area contributed by atoms with Gasteiger partial charge in [0, 0.05) is 12.2 Å². The van der Waals surface area contributed by atoms with Crippen LogP contribution in [0.15, 0.2) is 41.4 Å². The molecule has 4 rings (SSSR count). The van der Waals surface area contributed by atoms with Crippen LogP contribution in [0, 0.1) is 6.92 Å². The normalized spacial score (nSPS) is 14.7. The molecule has 2 heterocycles. The van der Waals surface area contributed by atoms with Crippen LogP contribution < -0.4 is 4.72 Å². The molecule has 0 amide bonds. The number of aryl methyl sites for hydroxylation is 1. The molecule has 1 fully saturated rings. The predicted octanol–water partition coefficient (Wildman–Crippen LogP) is 4.74. The van der Waals surface area contributed by atoms with Crippen molar-refractivity contribution < 1.29 is 8.42 Å². The lowest BCUT2D eigenvalue weighted by Crippen LogP contribution is -2.16. The number of sulfonamides is 1. The molecule has 1 aliphatic rings. The van der Waals surface area contributed by atoms with Crippen molar-refractivity contribution in [2.75, 3.05) is 4.72 Å². The second-order valence-corrected chi connectivity index (χ2v) is 10.7. The Labute approximate surface area is 181 Å². The van der Waals surface area contributed by atoms with E-state index in [1.54, 1.807) is 18.2 Å². The standard InChI is InChI=1S/C21H24ClN5O2S/c1-13-24-25-20(27(13)16-7-8-16)19-18(11-15(22)12-23-19)26-30(28,29)17-9-5-14(6-10-17)21(2,3)4/h5-6,9-12,16,26H,7-8H2,1-4H3. The van der Waals surface area contributed by atoms with Crippen LogP contribution >= 0.6 is 11.6 Å². The molecule has 1 aliphatic carbocycles. The Bertz CT molecular complexity index is 1190. The molecule has 0 saturated heterocycles. The number of rotatable bonds is 5. The van der Waals surface area contributed by atoms with E-state index in [4.69, 9.17) is 11.6 Å². The fourth-order valence-electron chi connectivity index (χ4n) is 3.33. The maximum absolute atomic E-state index is 13.1. The van der Waals surface area contributed by atoms with Crippen LogP contribution in [0.5, 0.6) is 0 Å². The van der Waals surface area contributed by atoms with Crippen molar-refractivity contribution in [3.8, 4) is 11.5 Å². The van der Waals surface area contributed by atoms with Crippen LogP contribution in [-0.4, -0.2) is 28.2 Å². The van der Waals surface area contributed by atoms with Crippen molar-refractivity contribution in [1.29, 1.82) is 0 Å². The van der Waals surface area contributed by atoms with Crippen LogP contribution in [0.4, 0.5) is 5.69 Å². The summed E-state index contributed by atoms with van der Waals surface area (Å²) in [5.41, 5.74) is 1.67. The number of hydrogen-bond acceptors (Lipinski definition) is 5. The van der Waals surface area contributed by atoms with Crippen molar-refractivity contribution in [1.82, 2.24) is 19.7 Å². The highest BCUT2D eigenvalue weighted by Gasteiger charge is 2.30. The van der Waals surface area contributed by atoms with E-state index in [0.29, 0.717) is 22.6 Å². The molecule has 0 unspecified atom stereocenters. The van der Waals surface area contributed by atoms with E-state index in [1.807, 2.05) is 23.6 Å². The quantitative estimate of drug-likeness (QED) is 0.612. The number of pyridine rings is 1. The zero-order chi connectivity index (χ0) is 21.7. The molecule has 9 heteroatoms. The van der Waals surface area contributed by atoms with Crippen molar-refractivity contribution in [3.63, 3.8) is 0 Å². The van der Waals surface area contributed by atoms with Gasteiger partial charge >= 0.3 is 0 Å². The van der Waals surface area contributed by atoms with Gasteiger partial charge < -0.3 is 4.57 Å².